The molecule has 0 heterocycles. The molecule has 0 atom stereocenters. The first-order valence-electron chi connectivity index (χ1n) is 12.0. The molecule has 0 nitrogen and oxygen atoms in total. The van der Waals surface area contributed by atoms with Crippen LogP contribution in [0.25, 0.3) is 0 Å². The third kappa shape index (κ3) is 7.39. The van der Waals surface area contributed by atoms with Gasteiger partial charge in [0.15, 0.2) is 0 Å². The van der Waals surface area contributed by atoms with Gasteiger partial charge < -0.3 is 17.0 Å². The number of hydrogen-bond donors (Lipinski definition) is 0. The van der Waals surface area contributed by atoms with Crippen LogP contribution in [0.2, 0.25) is 0 Å². The third-order valence-electron chi connectivity index (χ3n) is 6.40. The predicted octanol–water partition coefficient (Wildman–Crippen LogP) is 6.04. The fraction of sp³-hybridized carbons (Fsp3) is 0.250. The minimum absolute atomic E-state index is 0. The number of halogens is 1. The Morgan fingerprint density at radius 3 is 0.853 bits per heavy atom. The van der Waals surface area contributed by atoms with Gasteiger partial charge in [-0.05, 0) is 49.9 Å². The lowest BCUT2D eigenvalue weighted by molar-refractivity contribution is -0.00000724. The zero-order valence-electron chi connectivity index (χ0n) is 20.9. The van der Waals surface area contributed by atoms with E-state index in [9.17, 15) is 0 Å². The summed E-state index contributed by atoms with van der Waals surface area (Å²) in [6.45, 7) is 8.85. The highest BCUT2D eigenvalue weighted by Gasteiger charge is 2.38. The molecule has 0 radical (unpaired) electrons. The van der Waals surface area contributed by atoms with Crippen molar-refractivity contribution in [3.63, 3.8) is 0 Å². The van der Waals surface area contributed by atoms with Gasteiger partial charge in [-0.3, -0.25) is 0 Å². The molecule has 0 aliphatic rings. The lowest BCUT2D eigenvalue weighted by Gasteiger charge is -2.29. The van der Waals surface area contributed by atoms with Crippen molar-refractivity contribution in [3.8, 4) is 0 Å². The summed E-state index contributed by atoms with van der Waals surface area (Å²) in [4.78, 5) is 0. The molecule has 0 aliphatic carbocycles. The normalized spacial score (nSPS) is 11.2. The summed E-state index contributed by atoms with van der Waals surface area (Å²) in [5, 5.41) is 0. The van der Waals surface area contributed by atoms with Crippen LogP contribution >= 0.6 is 7.26 Å². The van der Waals surface area contributed by atoms with Crippen molar-refractivity contribution in [3.05, 3.63) is 142 Å². The van der Waals surface area contributed by atoms with Crippen molar-refractivity contribution in [2.75, 3.05) is 0 Å². The fourth-order valence-corrected chi connectivity index (χ4v) is 9.68. The first kappa shape index (κ1) is 26.4. The maximum atomic E-state index is 2.40. The average molecular weight is 532 g/mol. The van der Waals surface area contributed by atoms with E-state index in [4.69, 9.17) is 0 Å². The summed E-state index contributed by atoms with van der Waals surface area (Å²) in [6, 6.07) is 36.7. The lowest BCUT2D eigenvalue weighted by Crippen LogP contribution is -3.00. The summed E-state index contributed by atoms with van der Waals surface area (Å²) in [6.07, 6.45) is 4.68. The van der Waals surface area contributed by atoms with Gasteiger partial charge in [-0.25, -0.2) is 0 Å². The van der Waals surface area contributed by atoms with E-state index < -0.39 is 7.26 Å². The minimum Gasteiger partial charge on any atom is -1.00 e. The van der Waals surface area contributed by atoms with Gasteiger partial charge in [0.1, 0.15) is 0 Å². The van der Waals surface area contributed by atoms with Crippen LogP contribution in [0.3, 0.4) is 0 Å². The molecule has 0 saturated heterocycles. The summed E-state index contributed by atoms with van der Waals surface area (Å²) >= 11 is 0. The SMILES string of the molecule is Cc1cccc(C[P+](Cc2cccc(C)c2)(Cc2cccc(C)c2)Cc2cccc(C)c2)c1.[Br-]. The van der Waals surface area contributed by atoms with Crippen molar-refractivity contribution in [1.82, 2.24) is 0 Å². The van der Waals surface area contributed by atoms with Gasteiger partial charge in [0.25, 0.3) is 0 Å². The summed E-state index contributed by atoms with van der Waals surface area (Å²) in [5.74, 6) is 0. The molecular weight excluding hydrogens is 495 g/mol. The molecule has 4 aromatic rings. The Labute approximate surface area is 217 Å². The summed E-state index contributed by atoms with van der Waals surface area (Å²) in [5.41, 5.74) is 11.3. The van der Waals surface area contributed by atoms with Crippen LogP contribution in [0, 0.1) is 27.7 Å². The highest BCUT2D eigenvalue weighted by atomic mass is 79.9. The van der Waals surface area contributed by atoms with Gasteiger partial charge in [0, 0.05) is 7.26 Å². The van der Waals surface area contributed by atoms with Gasteiger partial charge in [-0.1, -0.05) is 119 Å². The van der Waals surface area contributed by atoms with E-state index >= 15 is 0 Å². The minimum atomic E-state index is -1.46. The van der Waals surface area contributed by atoms with Crippen molar-refractivity contribution >= 4 is 7.26 Å². The maximum Gasteiger partial charge on any atom is 0.0852 e. The van der Waals surface area contributed by atoms with Crippen molar-refractivity contribution in [1.29, 1.82) is 0 Å². The Morgan fingerprint density at radius 2 is 0.647 bits per heavy atom. The number of rotatable bonds is 8. The van der Waals surface area contributed by atoms with E-state index in [1.165, 1.54) is 69.2 Å². The molecule has 0 aromatic heterocycles. The molecule has 0 N–H and O–H groups in total. The standard InChI is InChI=1S/C32H36P.BrH/c1-25-9-5-13-29(17-25)21-33(22-30-14-6-10-26(2)18-30,23-31-15-7-11-27(3)19-31)24-32-16-8-12-28(4)20-32;/h5-20H,21-24H2,1-4H3;1H/q+1;/p-1. The molecule has 0 aliphatic heterocycles. The molecule has 2 heteroatoms. The van der Waals surface area contributed by atoms with Crippen LogP contribution in [-0.2, 0) is 24.6 Å². The zero-order valence-corrected chi connectivity index (χ0v) is 23.4. The smallest absolute Gasteiger partial charge is 0.0852 e. The number of hydrogen-bond acceptors (Lipinski definition) is 0. The summed E-state index contributed by atoms with van der Waals surface area (Å²) in [7, 11) is -1.46. The van der Waals surface area contributed by atoms with E-state index in [0.29, 0.717) is 0 Å². The molecule has 0 fully saturated rings. The van der Waals surface area contributed by atoms with Crippen LogP contribution in [0.15, 0.2) is 97.1 Å². The van der Waals surface area contributed by atoms with Gasteiger partial charge in [0.05, 0.1) is 24.6 Å². The molecule has 0 saturated carbocycles. The van der Waals surface area contributed by atoms with Gasteiger partial charge in [-0.2, -0.15) is 0 Å². The van der Waals surface area contributed by atoms with E-state index in [-0.39, 0.29) is 17.0 Å². The van der Waals surface area contributed by atoms with Crippen molar-refractivity contribution in [2.45, 2.75) is 52.3 Å². The first-order valence-corrected chi connectivity index (χ1v) is 14.5. The molecule has 0 amide bonds. The fourth-order valence-electron chi connectivity index (χ4n) is 5.13. The van der Waals surface area contributed by atoms with Gasteiger partial charge >= 0.3 is 0 Å². The van der Waals surface area contributed by atoms with Crippen LogP contribution in [0.1, 0.15) is 44.5 Å². The average Bonchev–Trinajstić information content (AvgIpc) is 2.73. The predicted molar refractivity (Wildman–Crippen MR) is 146 cm³/mol. The Balaban J connectivity index is 0.00000324. The second kappa shape index (κ2) is 12.0. The molecule has 0 bridgehead atoms. The lowest BCUT2D eigenvalue weighted by atomic mass is 10.1. The van der Waals surface area contributed by atoms with E-state index in [2.05, 4.69) is 125 Å². The van der Waals surface area contributed by atoms with Crippen LogP contribution < -0.4 is 17.0 Å². The molecule has 4 rings (SSSR count). The van der Waals surface area contributed by atoms with Crippen LogP contribution in [0.5, 0.6) is 0 Å². The highest BCUT2D eigenvalue weighted by Crippen LogP contribution is 2.68. The van der Waals surface area contributed by atoms with Crippen molar-refractivity contribution in [2.24, 2.45) is 0 Å². The van der Waals surface area contributed by atoms with E-state index in [1.807, 2.05) is 0 Å². The Bertz CT molecular complexity index is 1030. The molecule has 0 unspecified atom stereocenters. The molecule has 34 heavy (non-hydrogen) atoms. The maximum absolute atomic E-state index is 2.40. The largest absolute Gasteiger partial charge is 1.00 e. The number of aryl methyl sites for hydroxylation is 4. The third-order valence-corrected chi connectivity index (χ3v) is 10.5. The number of benzene rings is 4. The first-order chi connectivity index (χ1) is 15.9. The Kier molecular flexibility index (Phi) is 9.29. The quantitative estimate of drug-likeness (QED) is 0.243. The van der Waals surface area contributed by atoms with Gasteiger partial charge in [0.2, 0.25) is 0 Å². The molecule has 0 spiro atoms. The molecule has 176 valence electrons. The second-order valence-corrected chi connectivity index (χ2v) is 13.9. The summed E-state index contributed by atoms with van der Waals surface area (Å²) < 4.78 is 0. The van der Waals surface area contributed by atoms with E-state index in [0.717, 1.165) is 0 Å². The topological polar surface area (TPSA) is 0 Å². The Morgan fingerprint density at radius 1 is 0.412 bits per heavy atom. The second-order valence-electron chi connectivity index (χ2n) is 9.93. The van der Waals surface area contributed by atoms with Crippen LogP contribution in [0.4, 0.5) is 0 Å². The molecular formula is C32H36BrP. The highest BCUT2D eigenvalue weighted by molar-refractivity contribution is 7.72. The zero-order chi connectivity index (χ0) is 23.3. The van der Waals surface area contributed by atoms with E-state index in [1.54, 1.807) is 0 Å². The monoisotopic (exact) mass is 530 g/mol. The Hall–Kier alpha value is -2.21. The van der Waals surface area contributed by atoms with Crippen molar-refractivity contribution < 1.29 is 17.0 Å². The molecule has 4 aromatic carbocycles. The van der Waals surface area contributed by atoms with Crippen LogP contribution in [-0.4, -0.2) is 0 Å². The van der Waals surface area contributed by atoms with Gasteiger partial charge in [-0.15, -0.1) is 0 Å².